The van der Waals surface area contributed by atoms with E-state index >= 15 is 0 Å². The largest absolute Gasteiger partial charge is 0.495 e. The van der Waals surface area contributed by atoms with Crippen LogP contribution >= 0.6 is 0 Å². The lowest BCUT2D eigenvalue weighted by molar-refractivity contribution is 0.0976. The molecule has 0 saturated carbocycles. The van der Waals surface area contributed by atoms with E-state index in [9.17, 15) is 4.79 Å². The summed E-state index contributed by atoms with van der Waals surface area (Å²) in [4.78, 5) is 17.3. The molecule has 41 heavy (non-hydrogen) atoms. The fraction of sp³-hybridized carbons (Fsp3) is 0.125. The number of nitrogens with one attached hydrogen (secondary N) is 2. The minimum atomic E-state index is -0.496. The van der Waals surface area contributed by atoms with Gasteiger partial charge < -0.3 is 30.0 Å². The van der Waals surface area contributed by atoms with Crippen molar-refractivity contribution in [1.29, 1.82) is 0 Å². The molecule has 0 aromatic heterocycles. The molecule has 9 heteroatoms. The number of ether oxygens (including phenoxy) is 4. The zero-order chi connectivity index (χ0) is 29.4. The summed E-state index contributed by atoms with van der Waals surface area (Å²) in [7, 11) is 6.01. The molecule has 0 fully saturated rings. The number of anilines is 1. The molecule has 4 aromatic rings. The number of guanidine groups is 1. The Balaban J connectivity index is 1.53. The molecule has 0 aliphatic heterocycles. The van der Waals surface area contributed by atoms with Crippen molar-refractivity contribution in [2.45, 2.75) is 0 Å². The SMILES string of the molecule is C=C(Nc1cc(N=C(N)NC(=O)c2cc(OC)c(OC)c(OC)c2)ccc1OC)c1cccc(-c2ccccc2)c1. The number of aliphatic imine (C=N–C) groups is 1. The van der Waals surface area contributed by atoms with Crippen molar-refractivity contribution in [1.82, 2.24) is 5.32 Å². The normalized spacial score (nSPS) is 10.9. The molecule has 0 saturated heterocycles. The molecule has 1 amide bonds. The van der Waals surface area contributed by atoms with Crippen molar-refractivity contribution in [2.24, 2.45) is 10.7 Å². The lowest BCUT2D eigenvalue weighted by Gasteiger charge is -2.15. The first-order valence-corrected chi connectivity index (χ1v) is 12.6. The number of carbonyl (C=O) groups is 1. The second kappa shape index (κ2) is 13.1. The van der Waals surface area contributed by atoms with Gasteiger partial charge in [-0.3, -0.25) is 10.1 Å². The highest BCUT2D eigenvalue weighted by molar-refractivity contribution is 6.06. The van der Waals surface area contributed by atoms with E-state index in [1.165, 1.54) is 33.5 Å². The molecule has 210 valence electrons. The number of amides is 1. The number of benzene rings is 4. The Morgan fingerprint density at radius 1 is 0.732 bits per heavy atom. The molecular weight excluding hydrogens is 520 g/mol. The van der Waals surface area contributed by atoms with Gasteiger partial charge in [-0.2, -0.15) is 0 Å². The molecule has 0 aliphatic carbocycles. The Bertz CT molecular complexity index is 1560. The highest BCUT2D eigenvalue weighted by atomic mass is 16.5. The standard InChI is InChI=1S/C32H32N4O5/c1-20(22-12-9-13-23(16-22)21-10-7-6-8-11-21)34-26-19-25(14-15-27(26)38-2)35-32(33)36-31(37)24-17-28(39-3)30(41-5)29(18-24)40-4/h6-19,34H,1H2,2-5H3,(H3,33,35,36,37). The Morgan fingerprint density at radius 3 is 2.02 bits per heavy atom. The summed E-state index contributed by atoms with van der Waals surface area (Å²) in [5.41, 5.74) is 11.2. The maximum Gasteiger partial charge on any atom is 0.258 e. The van der Waals surface area contributed by atoms with E-state index in [0.717, 1.165) is 16.7 Å². The maximum atomic E-state index is 12.9. The predicted molar refractivity (Wildman–Crippen MR) is 162 cm³/mol. The second-order valence-corrected chi connectivity index (χ2v) is 8.80. The molecule has 0 bridgehead atoms. The number of nitrogens with two attached hydrogens (primary N) is 1. The van der Waals surface area contributed by atoms with Crippen LogP contribution in [0.25, 0.3) is 16.8 Å². The van der Waals surface area contributed by atoms with Gasteiger partial charge in [0.25, 0.3) is 5.91 Å². The smallest absolute Gasteiger partial charge is 0.258 e. The monoisotopic (exact) mass is 552 g/mol. The van der Waals surface area contributed by atoms with Crippen LogP contribution in [0.4, 0.5) is 11.4 Å². The minimum Gasteiger partial charge on any atom is -0.495 e. The third-order valence-electron chi connectivity index (χ3n) is 6.20. The molecule has 0 spiro atoms. The molecule has 4 rings (SSSR count). The van der Waals surface area contributed by atoms with Gasteiger partial charge in [-0.25, -0.2) is 4.99 Å². The number of methoxy groups -OCH3 is 4. The van der Waals surface area contributed by atoms with Crippen LogP contribution in [0.5, 0.6) is 23.0 Å². The first-order chi connectivity index (χ1) is 19.9. The fourth-order valence-corrected chi connectivity index (χ4v) is 4.18. The van der Waals surface area contributed by atoms with Crippen LogP contribution in [-0.4, -0.2) is 40.3 Å². The van der Waals surface area contributed by atoms with E-state index in [1.807, 2.05) is 30.3 Å². The molecular formula is C32H32N4O5. The lowest BCUT2D eigenvalue weighted by Crippen LogP contribution is -2.36. The van der Waals surface area contributed by atoms with Gasteiger partial charge in [0, 0.05) is 11.3 Å². The molecule has 9 nitrogen and oxygen atoms in total. The van der Waals surface area contributed by atoms with E-state index in [1.54, 1.807) is 25.3 Å². The van der Waals surface area contributed by atoms with Crippen molar-refractivity contribution < 1.29 is 23.7 Å². The first-order valence-electron chi connectivity index (χ1n) is 12.6. The predicted octanol–water partition coefficient (Wildman–Crippen LogP) is 5.85. The highest BCUT2D eigenvalue weighted by Gasteiger charge is 2.17. The van der Waals surface area contributed by atoms with Crippen LogP contribution in [0, 0.1) is 0 Å². The Kier molecular flexibility index (Phi) is 9.11. The summed E-state index contributed by atoms with van der Waals surface area (Å²) in [6.07, 6.45) is 0. The molecule has 4 aromatic carbocycles. The highest BCUT2D eigenvalue weighted by Crippen LogP contribution is 2.38. The Labute approximate surface area is 239 Å². The summed E-state index contributed by atoms with van der Waals surface area (Å²) >= 11 is 0. The van der Waals surface area contributed by atoms with Gasteiger partial charge in [0.2, 0.25) is 11.7 Å². The molecule has 0 radical (unpaired) electrons. The van der Waals surface area contributed by atoms with Gasteiger partial charge in [-0.05, 0) is 53.1 Å². The van der Waals surface area contributed by atoms with Gasteiger partial charge in [-0.1, -0.05) is 55.1 Å². The minimum absolute atomic E-state index is 0.103. The summed E-state index contributed by atoms with van der Waals surface area (Å²) in [6.45, 7) is 4.22. The summed E-state index contributed by atoms with van der Waals surface area (Å²) < 4.78 is 21.5. The van der Waals surface area contributed by atoms with E-state index in [-0.39, 0.29) is 11.5 Å². The van der Waals surface area contributed by atoms with Gasteiger partial charge in [-0.15, -0.1) is 0 Å². The number of rotatable bonds is 10. The molecule has 0 unspecified atom stereocenters. The van der Waals surface area contributed by atoms with Gasteiger partial charge in [0.15, 0.2) is 11.5 Å². The fourth-order valence-electron chi connectivity index (χ4n) is 4.18. The zero-order valence-corrected chi connectivity index (χ0v) is 23.4. The lowest BCUT2D eigenvalue weighted by atomic mass is 10.0. The van der Waals surface area contributed by atoms with E-state index in [0.29, 0.717) is 40.1 Å². The number of carbonyl (C=O) groups excluding carboxylic acids is 1. The van der Waals surface area contributed by atoms with Crippen LogP contribution in [0.3, 0.4) is 0 Å². The third kappa shape index (κ3) is 6.77. The molecule has 0 atom stereocenters. The Hall–Kier alpha value is -5.44. The molecule has 4 N–H and O–H groups in total. The quantitative estimate of drug-likeness (QED) is 0.167. The van der Waals surface area contributed by atoms with Crippen molar-refractivity contribution in [3.63, 3.8) is 0 Å². The number of hydrogen-bond acceptors (Lipinski definition) is 7. The van der Waals surface area contributed by atoms with Gasteiger partial charge >= 0.3 is 0 Å². The maximum absolute atomic E-state index is 12.9. The first kappa shape index (κ1) is 28.6. The van der Waals surface area contributed by atoms with Crippen molar-refractivity contribution >= 4 is 28.9 Å². The second-order valence-electron chi connectivity index (χ2n) is 8.80. The van der Waals surface area contributed by atoms with E-state index in [4.69, 9.17) is 24.7 Å². The van der Waals surface area contributed by atoms with E-state index < -0.39 is 5.91 Å². The van der Waals surface area contributed by atoms with Gasteiger partial charge in [0.05, 0.1) is 39.8 Å². The zero-order valence-electron chi connectivity index (χ0n) is 23.4. The van der Waals surface area contributed by atoms with E-state index in [2.05, 4.69) is 46.5 Å². The van der Waals surface area contributed by atoms with Crippen molar-refractivity contribution in [2.75, 3.05) is 33.8 Å². The number of nitrogens with zero attached hydrogens (tertiary/aromatic N) is 1. The van der Waals surface area contributed by atoms with Crippen LogP contribution in [0.15, 0.2) is 96.5 Å². The van der Waals surface area contributed by atoms with Crippen molar-refractivity contribution in [3.05, 3.63) is 103 Å². The summed E-state index contributed by atoms with van der Waals surface area (Å²) in [5, 5.41) is 5.91. The van der Waals surface area contributed by atoms with Crippen molar-refractivity contribution in [3.8, 4) is 34.1 Å². The van der Waals surface area contributed by atoms with Crippen LogP contribution in [0.2, 0.25) is 0 Å². The van der Waals surface area contributed by atoms with Crippen LogP contribution < -0.4 is 35.3 Å². The van der Waals surface area contributed by atoms with Crippen LogP contribution in [0.1, 0.15) is 15.9 Å². The van der Waals surface area contributed by atoms with Gasteiger partial charge in [0.1, 0.15) is 5.75 Å². The average Bonchev–Trinajstić information content (AvgIpc) is 3.00. The van der Waals surface area contributed by atoms with Crippen LogP contribution in [-0.2, 0) is 0 Å². The molecule has 0 aliphatic rings. The topological polar surface area (TPSA) is 116 Å². The summed E-state index contributed by atoms with van der Waals surface area (Å²) in [5.74, 6) is 1.04. The molecule has 0 heterocycles. The average molecular weight is 553 g/mol. The Morgan fingerprint density at radius 2 is 1.39 bits per heavy atom. The third-order valence-corrected chi connectivity index (χ3v) is 6.20. The number of hydrogen-bond donors (Lipinski definition) is 3. The summed E-state index contributed by atoms with van der Waals surface area (Å²) in [6, 6.07) is 26.5.